The van der Waals surface area contributed by atoms with Gasteiger partial charge < -0.3 is 24.4 Å². The minimum atomic E-state index is -3.63. The average molecular weight is 680 g/mol. The highest BCUT2D eigenvalue weighted by Gasteiger charge is 2.50. The lowest BCUT2D eigenvalue weighted by Gasteiger charge is -2.35. The molecular weight excluding hydrogens is 636 g/mol. The Morgan fingerprint density at radius 1 is 1.16 bits per heavy atom. The van der Waals surface area contributed by atoms with Crippen molar-refractivity contribution in [1.82, 2.24) is 20.2 Å². The van der Waals surface area contributed by atoms with Crippen LogP contribution in [-0.2, 0) is 25.0 Å². The number of esters is 1. The van der Waals surface area contributed by atoms with Crippen molar-refractivity contribution in [3.05, 3.63) is 54.8 Å². The summed E-state index contributed by atoms with van der Waals surface area (Å²) >= 11 is 0. The molecule has 0 unspecified atom stereocenters. The van der Waals surface area contributed by atoms with Crippen LogP contribution in [0.5, 0.6) is 5.88 Å². The molecule has 1 aliphatic heterocycles. The van der Waals surface area contributed by atoms with Gasteiger partial charge in [0.05, 0.1) is 36.3 Å². The van der Waals surface area contributed by atoms with Crippen molar-refractivity contribution in [2.24, 2.45) is 23.2 Å². The van der Waals surface area contributed by atoms with E-state index in [1.165, 1.54) is 30.2 Å². The minimum absolute atomic E-state index is 0.105. The van der Waals surface area contributed by atoms with E-state index in [-0.39, 0.29) is 41.6 Å². The Morgan fingerprint density at radius 2 is 1.92 bits per heavy atom. The first-order valence-corrected chi connectivity index (χ1v) is 16.6. The van der Waals surface area contributed by atoms with Gasteiger partial charge in [0.2, 0.25) is 11.8 Å². The Labute approximate surface area is 284 Å². The number of hydrogen-bond acceptors (Lipinski definition) is 9. The third-order valence-corrected chi connectivity index (χ3v) is 10.0. The molecule has 11 nitrogen and oxygen atoms in total. The predicted octanol–water partition coefficient (Wildman–Crippen LogP) is 5.82. The molecule has 13 heteroatoms. The Morgan fingerprint density at radius 3 is 2.53 bits per heavy atom. The normalized spacial score (nSPS) is 25.4. The first-order chi connectivity index (χ1) is 23.2. The number of likely N-dealkylation sites (tertiary alicyclic amines) is 1. The van der Waals surface area contributed by atoms with E-state index < -0.39 is 59.1 Å². The number of allylic oxidation sites excluding steroid dienone is 2. The maximum absolute atomic E-state index is 15.0. The summed E-state index contributed by atoms with van der Waals surface area (Å²) in [7, 11) is 1.18. The fourth-order valence-electron chi connectivity index (χ4n) is 7.30. The fraction of sp³-hybridized carbons (Fsp3) is 0.556. The lowest BCUT2D eigenvalue weighted by atomic mass is 9.72. The minimum Gasteiger partial charge on any atom is -0.471 e. The Kier molecular flexibility index (Phi) is 10.3. The topological polar surface area (TPSA) is 144 Å². The predicted molar refractivity (Wildman–Crippen MR) is 175 cm³/mol. The zero-order valence-electron chi connectivity index (χ0n) is 28.3. The Balaban J connectivity index is 1.38. The number of alkyl halides is 2. The maximum Gasteiger partial charge on any atom is 0.408 e. The monoisotopic (exact) mass is 679 g/mol. The standard InChI is InChI=1S/C36H43F2N5O6/c1-7-9-10-24-23-13-12-21(23)16-28(24)49-34(46)42-30(35(3,4)5)32(44)43-19-22(17-27(43)33(45)47-6)48-31-29(36(37,38)8-2)40-25-14-11-20(18-39)15-26(25)41-31/h7-8,11,14-15,21-24,27-28,30H,1-2,9-10,12-13,16-17,19H2,3-6H3,(H,42,46)/t21-,22+,23-,24+,27-,28+,30+/m0/s1. The smallest absolute Gasteiger partial charge is 0.408 e. The van der Waals surface area contributed by atoms with Gasteiger partial charge in [0.25, 0.3) is 0 Å². The van der Waals surface area contributed by atoms with Gasteiger partial charge in [-0.2, -0.15) is 14.0 Å². The van der Waals surface area contributed by atoms with Crippen molar-refractivity contribution >= 4 is 29.0 Å². The molecule has 0 spiro atoms. The molecule has 49 heavy (non-hydrogen) atoms. The number of halogens is 2. The van der Waals surface area contributed by atoms with Gasteiger partial charge in [0, 0.05) is 6.42 Å². The number of aromatic nitrogens is 2. The molecule has 2 heterocycles. The molecule has 1 aromatic heterocycles. The number of carbonyl (C=O) groups excluding carboxylic acids is 3. The van der Waals surface area contributed by atoms with Gasteiger partial charge in [-0.3, -0.25) is 4.79 Å². The molecule has 1 aromatic carbocycles. The van der Waals surface area contributed by atoms with E-state index in [1.54, 1.807) is 20.8 Å². The zero-order chi connectivity index (χ0) is 35.7. The van der Waals surface area contributed by atoms with E-state index in [4.69, 9.17) is 14.2 Å². The number of alkyl carbamates (subject to hydrolysis) is 1. The molecule has 262 valence electrons. The van der Waals surface area contributed by atoms with Crippen LogP contribution in [0.2, 0.25) is 0 Å². The van der Waals surface area contributed by atoms with Crippen molar-refractivity contribution in [2.45, 2.75) is 89.5 Å². The molecular formula is C36H43F2N5O6. The molecule has 3 aliphatic rings. The van der Waals surface area contributed by atoms with Crippen LogP contribution in [0.1, 0.15) is 70.6 Å². The van der Waals surface area contributed by atoms with Crippen molar-refractivity contribution < 1.29 is 37.4 Å². The SMILES string of the molecule is C=CCC[C@@H]1[C@H]2CC[C@H]2C[C@H]1OC(=O)N[C@H](C(=O)N1C[C@H](Oc2nc3cc(C#N)ccc3nc2C(F)(F)C=C)C[C@H]1C(=O)OC)C(C)(C)C. The number of ether oxygens (including phenoxy) is 3. The van der Waals surface area contributed by atoms with E-state index in [1.807, 2.05) is 12.1 Å². The van der Waals surface area contributed by atoms with Crippen molar-refractivity contribution in [2.75, 3.05) is 13.7 Å². The number of nitrogens with one attached hydrogen (secondary N) is 1. The average Bonchev–Trinajstić information content (AvgIpc) is 3.57. The maximum atomic E-state index is 15.0. The van der Waals surface area contributed by atoms with E-state index in [0.717, 1.165) is 32.1 Å². The molecule has 3 fully saturated rings. The number of carbonyl (C=O) groups is 3. The molecule has 1 N–H and O–H groups in total. The molecule has 0 radical (unpaired) electrons. The molecule has 2 amide bonds. The van der Waals surface area contributed by atoms with Crippen LogP contribution < -0.4 is 10.1 Å². The molecule has 2 aromatic rings. The molecule has 2 saturated carbocycles. The van der Waals surface area contributed by atoms with Gasteiger partial charge in [-0.25, -0.2) is 19.6 Å². The van der Waals surface area contributed by atoms with E-state index in [0.29, 0.717) is 17.9 Å². The highest BCUT2D eigenvalue weighted by molar-refractivity contribution is 5.91. The Bertz CT molecular complexity index is 1670. The summed E-state index contributed by atoms with van der Waals surface area (Å²) in [6.07, 6.45) is 4.92. The van der Waals surface area contributed by atoms with Crippen LogP contribution in [0.15, 0.2) is 43.5 Å². The second-order valence-corrected chi connectivity index (χ2v) is 14.2. The summed E-state index contributed by atoms with van der Waals surface area (Å²) in [5, 5.41) is 12.1. The van der Waals surface area contributed by atoms with Crippen LogP contribution in [0.3, 0.4) is 0 Å². The van der Waals surface area contributed by atoms with E-state index in [9.17, 15) is 19.6 Å². The lowest BCUT2D eigenvalue weighted by Crippen LogP contribution is -2.57. The molecule has 7 atom stereocenters. The van der Waals surface area contributed by atoms with Crippen LogP contribution in [0.25, 0.3) is 11.0 Å². The van der Waals surface area contributed by atoms with Gasteiger partial charge in [-0.1, -0.05) is 33.4 Å². The van der Waals surface area contributed by atoms with Crippen molar-refractivity contribution in [3.8, 4) is 11.9 Å². The summed E-state index contributed by atoms with van der Waals surface area (Å²) in [4.78, 5) is 50.1. The van der Waals surface area contributed by atoms with Crippen LogP contribution >= 0.6 is 0 Å². The highest BCUT2D eigenvalue weighted by atomic mass is 19.3. The Hall–Kier alpha value is -4.60. The second-order valence-electron chi connectivity index (χ2n) is 14.2. The van der Waals surface area contributed by atoms with Crippen LogP contribution in [-0.4, -0.2) is 70.8 Å². The number of nitriles is 1. The summed E-state index contributed by atoms with van der Waals surface area (Å²) in [6.45, 7) is 12.2. The largest absolute Gasteiger partial charge is 0.471 e. The lowest BCUT2D eigenvalue weighted by molar-refractivity contribution is -0.152. The third-order valence-electron chi connectivity index (χ3n) is 10.0. The molecule has 5 rings (SSSR count). The second kappa shape index (κ2) is 14.1. The summed E-state index contributed by atoms with van der Waals surface area (Å²) < 4.78 is 47.0. The van der Waals surface area contributed by atoms with Crippen LogP contribution in [0.4, 0.5) is 13.6 Å². The number of fused-ring (bicyclic) bond motifs is 2. The van der Waals surface area contributed by atoms with Gasteiger partial charge in [0.1, 0.15) is 24.3 Å². The summed E-state index contributed by atoms with van der Waals surface area (Å²) in [5.41, 5.74) is -1.12. The number of hydrogen-bond donors (Lipinski definition) is 1. The van der Waals surface area contributed by atoms with E-state index >= 15 is 8.78 Å². The summed E-state index contributed by atoms with van der Waals surface area (Å²) in [5.74, 6) is -4.20. The van der Waals surface area contributed by atoms with Gasteiger partial charge >= 0.3 is 18.0 Å². The molecule has 0 bridgehead atoms. The third kappa shape index (κ3) is 7.38. The number of amides is 2. The fourth-order valence-corrected chi connectivity index (χ4v) is 7.30. The van der Waals surface area contributed by atoms with Crippen molar-refractivity contribution in [1.29, 1.82) is 5.26 Å². The van der Waals surface area contributed by atoms with Crippen molar-refractivity contribution in [3.63, 3.8) is 0 Å². The first kappa shape index (κ1) is 35.7. The number of methoxy groups -OCH3 is 1. The van der Waals surface area contributed by atoms with Crippen LogP contribution in [0, 0.1) is 34.5 Å². The van der Waals surface area contributed by atoms with E-state index in [2.05, 4.69) is 28.4 Å². The first-order valence-electron chi connectivity index (χ1n) is 16.6. The van der Waals surface area contributed by atoms with Gasteiger partial charge in [-0.05, 0) is 79.5 Å². The van der Waals surface area contributed by atoms with Gasteiger partial charge in [0.15, 0.2) is 5.69 Å². The number of rotatable bonds is 11. The zero-order valence-corrected chi connectivity index (χ0v) is 28.3. The number of benzene rings is 1. The summed E-state index contributed by atoms with van der Waals surface area (Å²) in [6, 6.07) is 3.95. The quantitative estimate of drug-likeness (QED) is 0.229. The molecule has 1 saturated heterocycles. The van der Waals surface area contributed by atoms with Gasteiger partial charge in [-0.15, -0.1) is 6.58 Å². The number of nitrogens with zero attached hydrogens (tertiary/aromatic N) is 4. The molecule has 2 aliphatic carbocycles. The highest BCUT2D eigenvalue weighted by Crippen LogP contribution is 2.53.